The van der Waals surface area contributed by atoms with Gasteiger partial charge in [0, 0.05) is 28.3 Å². The molecule has 1 amide bonds. The maximum Gasteiger partial charge on any atom is 0.282 e. The fourth-order valence-electron chi connectivity index (χ4n) is 4.96. The normalized spacial score (nSPS) is 14.0. The summed E-state index contributed by atoms with van der Waals surface area (Å²) in [5.74, 6) is 1.08. The van der Waals surface area contributed by atoms with E-state index in [1.807, 2.05) is 49.4 Å². The molecule has 1 aliphatic carbocycles. The molecule has 0 saturated heterocycles. The lowest BCUT2D eigenvalue weighted by Crippen LogP contribution is -2.25. The summed E-state index contributed by atoms with van der Waals surface area (Å²) in [6.45, 7) is 1.71. The van der Waals surface area contributed by atoms with Crippen LogP contribution in [0.4, 0.5) is 5.69 Å². The molecule has 0 spiro atoms. The van der Waals surface area contributed by atoms with Crippen LogP contribution in [0.25, 0.3) is 10.9 Å². The van der Waals surface area contributed by atoms with E-state index in [1.54, 1.807) is 18.2 Å². The van der Waals surface area contributed by atoms with Crippen LogP contribution in [0.15, 0.2) is 70.6 Å². The number of para-hydroxylation sites is 1. The lowest BCUT2D eigenvalue weighted by atomic mass is 9.88. The quantitative estimate of drug-likeness (QED) is 0.256. The van der Waals surface area contributed by atoms with E-state index in [4.69, 9.17) is 26.1 Å². The zero-order valence-electron chi connectivity index (χ0n) is 22.5. The van der Waals surface area contributed by atoms with E-state index < -0.39 is 0 Å². The van der Waals surface area contributed by atoms with Gasteiger partial charge in [-0.3, -0.25) is 9.59 Å². The number of halogens is 1. The Hall–Kier alpha value is -4.17. The number of nitrogens with one attached hydrogen (secondary N) is 1. The average molecular weight is 559 g/mol. The van der Waals surface area contributed by atoms with Gasteiger partial charge in [-0.25, -0.2) is 4.98 Å². The summed E-state index contributed by atoms with van der Waals surface area (Å²) >= 11 is 6.37. The van der Waals surface area contributed by atoms with Crippen molar-refractivity contribution in [3.63, 3.8) is 0 Å². The number of fused-ring (bicyclic) bond motifs is 1. The Morgan fingerprint density at radius 1 is 1.12 bits per heavy atom. The number of ether oxygens (including phenoxy) is 2. The first-order valence-corrected chi connectivity index (χ1v) is 13.7. The lowest BCUT2D eigenvalue weighted by molar-refractivity contribution is -0.118. The molecule has 8 nitrogen and oxygen atoms in total. The fraction of sp³-hybridized carbons (Fsp3) is 0.290. The van der Waals surface area contributed by atoms with Gasteiger partial charge in [0.1, 0.15) is 5.82 Å². The Kier molecular flexibility index (Phi) is 8.45. The molecule has 1 aromatic heterocycles. The van der Waals surface area contributed by atoms with E-state index in [-0.39, 0.29) is 29.7 Å². The Morgan fingerprint density at radius 2 is 1.88 bits per heavy atom. The van der Waals surface area contributed by atoms with Gasteiger partial charge in [-0.15, -0.1) is 0 Å². The topological polar surface area (TPSA) is 94.8 Å². The highest BCUT2D eigenvalue weighted by atomic mass is 35.5. The van der Waals surface area contributed by atoms with Crippen LogP contribution >= 0.6 is 11.6 Å². The van der Waals surface area contributed by atoms with E-state index in [1.165, 1.54) is 24.4 Å². The van der Waals surface area contributed by atoms with Crippen molar-refractivity contribution < 1.29 is 14.3 Å². The second-order valence-electron chi connectivity index (χ2n) is 9.91. The highest BCUT2D eigenvalue weighted by Crippen LogP contribution is 2.35. The van der Waals surface area contributed by atoms with E-state index in [0.717, 1.165) is 31.2 Å². The second-order valence-corrected chi connectivity index (χ2v) is 10.3. The molecule has 0 bridgehead atoms. The van der Waals surface area contributed by atoms with Gasteiger partial charge in [0.25, 0.3) is 11.5 Å². The molecule has 0 radical (unpaired) electrons. The van der Waals surface area contributed by atoms with E-state index in [2.05, 4.69) is 10.4 Å². The SMILES string of the molecule is COc1cc(Cl)cc(C=Nn2c(C3CCCCC3)nc3ccccc3c2=O)c1OCC(=O)Nc1ccc(C)cc1. The van der Waals surface area contributed by atoms with Crippen LogP contribution in [0, 0.1) is 6.92 Å². The maximum absolute atomic E-state index is 13.6. The number of amides is 1. The third-order valence-electron chi connectivity index (χ3n) is 7.01. The molecular weight excluding hydrogens is 528 g/mol. The molecule has 0 aliphatic heterocycles. The number of anilines is 1. The third kappa shape index (κ3) is 6.18. The molecule has 3 aromatic carbocycles. The van der Waals surface area contributed by atoms with Gasteiger partial charge in [-0.1, -0.05) is 60.7 Å². The minimum atomic E-state index is -0.335. The standard InChI is InChI=1S/C31H31ClN4O4/c1-20-12-14-24(15-13-20)34-28(37)19-40-29-22(16-23(32)17-27(29)39-2)18-33-36-30(21-8-4-3-5-9-21)35-26-11-7-6-10-25(26)31(36)38/h6-7,10-18,21H,3-5,8-9,19H2,1-2H3,(H,34,37). The van der Waals surface area contributed by atoms with Gasteiger partial charge in [-0.2, -0.15) is 9.78 Å². The number of rotatable bonds is 8. The van der Waals surface area contributed by atoms with Crippen molar-refractivity contribution in [2.45, 2.75) is 44.9 Å². The van der Waals surface area contributed by atoms with Crippen molar-refractivity contribution >= 4 is 40.3 Å². The molecule has 40 heavy (non-hydrogen) atoms. The van der Waals surface area contributed by atoms with Gasteiger partial charge in [0.2, 0.25) is 0 Å². The molecule has 1 heterocycles. The predicted octanol–water partition coefficient (Wildman–Crippen LogP) is 6.31. The summed E-state index contributed by atoms with van der Waals surface area (Å²) in [5.41, 5.74) is 2.64. The van der Waals surface area contributed by atoms with Gasteiger partial charge < -0.3 is 14.8 Å². The number of aryl methyl sites for hydroxylation is 1. The largest absolute Gasteiger partial charge is 0.493 e. The number of hydrogen-bond acceptors (Lipinski definition) is 6. The van der Waals surface area contributed by atoms with Crippen LogP contribution in [0.3, 0.4) is 0 Å². The van der Waals surface area contributed by atoms with E-state index >= 15 is 0 Å². The Labute approximate surface area is 237 Å². The number of carbonyl (C=O) groups is 1. The molecule has 1 saturated carbocycles. The Balaban J connectivity index is 1.48. The van der Waals surface area contributed by atoms with E-state index in [0.29, 0.717) is 38.8 Å². The number of carbonyl (C=O) groups excluding carboxylic acids is 1. The molecule has 206 valence electrons. The first kappa shape index (κ1) is 27.4. The number of aromatic nitrogens is 2. The zero-order valence-corrected chi connectivity index (χ0v) is 23.3. The molecule has 9 heteroatoms. The minimum absolute atomic E-state index is 0.137. The smallest absolute Gasteiger partial charge is 0.282 e. The van der Waals surface area contributed by atoms with Crippen molar-refractivity contribution in [3.8, 4) is 11.5 Å². The highest BCUT2D eigenvalue weighted by molar-refractivity contribution is 6.31. The van der Waals surface area contributed by atoms with E-state index in [9.17, 15) is 9.59 Å². The monoisotopic (exact) mass is 558 g/mol. The van der Waals surface area contributed by atoms with Crippen molar-refractivity contribution in [2.75, 3.05) is 19.0 Å². The number of benzene rings is 3. The van der Waals surface area contributed by atoms with Crippen LogP contribution in [0.5, 0.6) is 11.5 Å². The van der Waals surface area contributed by atoms with Crippen molar-refractivity contribution in [3.05, 3.63) is 93.0 Å². The molecule has 1 fully saturated rings. The molecule has 4 aromatic rings. The Bertz CT molecular complexity index is 1610. The zero-order chi connectivity index (χ0) is 28.1. The summed E-state index contributed by atoms with van der Waals surface area (Å²) in [6.07, 6.45) is 6.77. The number of methoxy groups -OCH3 is 1. The summed E-state index contributed by atoms with van der Waals surface area (Å²) in [6, 6.07) is 18.0. The highest BCUT2D eigenvalue weighted by Gasteiger charge is 2.23. The summed E-state index contributed by atoms with van der Waals surface area (Å²) in [4.78, 5) is 31.1. The van der Waals surface area contributed by atoms with Crippen LogP contribution in [-0.2, 0) is 4.79 Å². The van der Waals surface area contributed by atoms with Crippen LogP contribution in [-0.4, -0.2) is 35.5 Å². The van der Waals surface area contributed by atoms with Gasteiger partial charge >= 0.3 is 0 Å². The molecular formula is C31H31ClN4O4. The molecule has 1 N–H and O–H groups in total. The summed E-state index contributed by atoms with van der Waals surface area (Å²) < 4.78 is 12.8. The minimum Gasteiger partial charge on any atom is -0.493 e. The Morgan fingerprint density at radius 3 is 2.62 bits per heavy atom. The summed E-state index contributed by atoms with van der Waals surface area (Å²) in [7, 11) is 1.49. The van der Waals surface area contributed by atoms with Crippen molar-refractivity contribution in [2.24, 2.45) is 5.10 Å². The lowest BCUT2D eigenvalue weighted by Gasteiger charge is -2.22. The van der Waals surface area contributed by atoms with Crippen LogP contribution in [0.1, 0.15) is 55.0 Å². The van der Waals surface area contributed by atoms with Gasteiger partial charge in [-0.05, 0) is 50.1 Å². The fourth-order valence-corrected chi connectivity index (χ4v) is 5.18. The third-order valence-corrected chi connectivity index (χ3v) is 7.23. The van der Waals surface area contributed by atoms with Crippen molar-refractivity contribution in [1.82, 2.24) is 9.66 Å². The van der Waals surface area contributed by atoms with Gasteiger partial charge in [0.05, 0.1) is 24.2 Å². The molecule has 0 atom stereocenters. The first-order chi connectivity index (χ1) is 19.4. The molecule has 0 unspecified atom stereocenters. The first-order valence-electron chi connectivity index (χ1n) is 13.4. The summed E-state index contributed by atoms with van der Waals surface area (Å²) in [5, 5.41) is 8.31. The van der Waals surface area contributed by atoms with Crippen LogP contribution < -0.4 is 20.3 Å². The van der Waals surface area contributed by atoms with Gasteiger partial charge in [0.15, 0.2) is 18.1 Å². The number of nitrogens with zero attached hydrogens (tertiary/aromatic N) is 3. The average Bonchev–Trinajstić information content (AvgIpc) is 2.97. The predicted molar refractivity (Wildman–Crippen MR) is 158 cm³/mol. The van der Waals surface area contributed by atoms with Crippen molar-refractivity contribution in [1.29, 1.82) is 0 Å². The number of hydrogen-bond donors (Lipinski definition) is 1. The molecule has 5 rings (SSSR count). The molecule has 1 aliphatic rings. The maximum atomic E-state index is 13.6. The van der Waals surface area contributed by atoms with Crippen LogP contribution in [0.2, 0.25) is 5.02 Å². The second kappa shape index (κ2) is 12.3.